The summed E-state index contributed by atoms with van der Waals surface area (Å²) in [6.07, 6.45) is -0.0322. The molecule has 2 aromatic rings. The van der Waals surface area contributed by atoms with Crippen molar-refractivity contribution in [2.45, 2.75) is 12.5 Å². The van der Waals surface area contributed by atoms with Gasteiger partial charge in [-0.2, -0.15) is 0 Å². The predicted molar refractivity (Wildman–Crippen MR) is 80.2 cm³/mol. The number of nitrogen functional groups attached to an aromatic ring is 1. The largest absolute Gasteiger partial charge is 0.496 e. The second-order valence-electron chi connectivity index (χ2n) is 4.36. The maximum absolute atomic E-state index is 10.2. The number of halogens is 1. The summed E-state index contributed by atoms with van der Waals surface area (Å²) < 4.78 is 6.06. The van der Waals surface area contributed by atoms with E-state index in [9.17, 15) is 5.11 Å². The molecule has 19 heavy (non-hydrogen) atoms. The molecule has 0 saturated carbocycles. The van der Waals surface area contributed by atoms with Crippen LogP contribution >= 0.6 is 15.9 Å². The van der Waals surface area contributed by atoms with Crippen LogP contribution in [0, 0.1) is 0 Å². The zero-order valence-corrected chi connectivity index (χ0v) is 12.2. The van der Waals surface area contributed by atoms with Crippen molar-refractivity contribution in [3.8, 4) is 5.75 Å². The standard InChI is InChI=1S/C15H16BrNO2/c1-19-15-6-5-10(7-13(15)16)8-14(18)11-3-2-4-12(17)9-11/h2-7,9,14,18H,8,17H2,1H3. The molecule has 4 heteroatoms. The van der Waals surface area contributed by atoms with E-state index in [0.29, 0.717) is 12.1 Å². The third kappa shape index (κ3) is 3.49. The fourth-order valence-electron chi connectivity index (χ4n) is 1.94. The molecule has 0 spiro atoms. The molecule has 0 radical (unpaired) electrons. The van der Waals surface area contributed by atoms with E-state index in [2.05, 4.69) is 15.9 Å². The Morgan fingerprint density at radius 1 is 1.26 bits per heavy atom. The molecule has 0 aliphatic rings. The van der Waals surface area contributed by atoms with Crippen molar-refractivity contribution < 1.29 is 9.84 Å². The Morgan fingerprint density at radius 2 is 2.05 bits per heavy atom. The molecule has 0 aliphatic heterocycles. The van der Waals surface area contributed by atoms with E-state index in [1.54, 1.807) is 19.2 Å². The van der Waals surface area contributed by atoms with Gasteiger partial charge in [0.2, 0.25) is 0 Å². The van der Waals surface area contributed by atoms with E-state index >= 15 is 0 Å². The lowest BCUT2D eigenvalue weighted by Gasteiger charge is -2.13. The van der Waals surface area contributed by atoms with Gasteiger partial charge in [0.1, 0.15) is 5.75 Å². The maximum Gasteiger partial charge on any atom is 0.133 e. The van der Waals surface area contributed by atoms with Gasteiger partial charge in [0, 0.05) is 12.1 Å². The van der Waals surface area contributed by atoms with Gasteiger partial charge >= 0.3 is 0 Å². The maximum atomic E-state index is 10.2. The average Bonchev–Trinajstić information content (AvgIpc) is 2.39. The van der Waals surface area contributed by atoms with Crippen LogP contribution < -0.4 is 10.5 Å². The number of rotatable bonds is 4. The smallest absolute Gasteiger partial charge is 0.133 e. The normalized spacial score (nSPS) is 12.2. The third-order valence-electron chi connectivity index (χ3n) is 2.94. The summed E-state index contributed by atoms with van der Waals surface area (Å²) in [4.78, 5) is 0. The number of aliphatic hydroxyl groups is 1. The number of nitrogens with two attached hydrogens (primary N) is 1. The van der Waals surface area contributed by atoms with E-state index in [0.717, 1.165) is 21.3 Å². The molecule has 0 bridgehead atoms. The molecule has 0 fully saturated rings. The summed E-state index contributed by atoms with van der Waals surface area (Å²) in [5.41, 5.74) is 8.23. The number of anilines is 1. The van der Waals surface area contributed by atoms with Crippen molar-refractivity contribution in [3.63, 3.8) is 0 Å². The van der Waals surface area contributed by atoms with Gasteiger partial charge in [-0.3, -0.25) is 0 Å². The number of hydrogen-bond donors (Lipinski definition) is 2. The van der Waals surface area contributed by atoms with E-state index < -0.39 is 6.10 Å². The lowest BCUT2D eigenvalue weighted by Crippen LogP contribution is -2.02. The van der Waals surface area contributed by atoms with Crippen molar-refractivity contribution in [3.05, 3.63) is 58.1 Å². The van der Waals surface area contributed by atoms with E-state index in [1.807, 2.05) is 30.3 Å². The molecule has 0 saturated heterocycles. The Balaban J connectivity index is 2.14. The Labute approximate surface area is 121 Å². The van der Waals surface area contributed by atoms with Crippen LogP contribution in [0.5, 0.6) is 5.75 Å². The van der Waals surface area contributed by atoms with Crippen LogP contribution in [-0.2, 0) is 6.42 Å². The average molecular weight is 322 g/mol. The summed E-state index contributed by atoms with van der Waals surface area (Å²) in [5, 5.41) is 10.2. The first kappa shape index (κ1) is 13.9. The topological polar surface area (TPSA) is 55.5 Å². The van der Waals surface area contributed by atoms with Crippen molar-refractivity contribution in [2.75, 3.05) is 12.8 Å². The number of ether oxygens (including phenoxy) is 1. The van der Waals surface area contributed by atoms with Gasteiger partial charge < -0.3 is 15.6 Å². The molecule has 2 rings (SSSR count). The quantitative estimate of drug-likeness (QED) is 0.849. The fourth-order valence-corrected chi connectivity index (χ4v) is 2.53. The zero-order valence-electron chi connectivity index (χ0n) is 10.6. The molecule has 0 amide bonds. The van der Waals surface area contributed by atoms with Crippen LogP contribution in [-0.4, -0.2) is 12.2 Å². The van der Waals surface area contributed by atoms with E-state index in [1.165, 1.54) is 0 Å². The molecule has 0 heterocycles. The molecule has 0 aromatic heterocycles. The van der Waals surface area contributed by atoms with Crippen LogP contribution in [0.25, 0.3) is 0 Å². The van der Waals surface area contributed by atoms with Crippen molar-refractivity contribution in [1.29, 1.82) is 0 Å². The Bertz CT molecular complexity index is 572. The molecule has 3 N–H and O–H groups in total. The van der Waals surface area contributed by atoms with Crippen molar-refractivity contribution >= 4 is 21.6 Å². The molecule has 2 aromatic carbocycles. The molecule has 100 valence electrons. The summed E-state index contributed by atoms with van der Waals surface area (Å²) in [6, 6.07) is 13.1. The predicted octanol–water partition coefficient (Wildman–Crippen LogP) is 3.32. The monoisotopic (exact) mass is 321 g/mol. The number of methoxy groups -OCH3 is 1. The van der Waals surface area contributed by atoms with Crippen LogP contribution in [0.1, 0.15) is 17.2 Å². The Kier molecular flexibility index (Phi) is 4.45. The molecule has 1 atom stereocenters. The van der Waals surface area contributed by atoms with Crippen LogP contribution in [0.4, 0.5) is 5.69 Å². The highest BCUT2D eigenvalue weighted by Gasteiger charge is 2.10. The Hall–Kier alpha value is -1.52. The minimum absolute atomic E-state index is 0.534. The van der Waals surface area contributed by atoms with Crippen LogP contribution in [0.2, 0.25) is 0 Å². The highest BCUT2D eigenvalue weighted by molar-refractivity contribution is 9.10. The first-order valence-corrected chi connectivity index (χ1v) is 6.75. The van der Waals surface area contributed by atoms with Crippen LogP contribution in [0.15, 0.2) is 46.9 Å². The summed E-state index contributed by atoms with van der Waals surface area (Å²) in [5.74, 6) is 0.780. The minimum atomic E-state index is -0.566. The van der Waals surface area contributed by atoms with Gasteiger partial charge in [0.25, 0.3) is 0 Å². The van der Waals surface area contributed by atoms with Gasteiger partial charge in [-0.1, -0.05) is 18.2 Å². The summed E-state index contributed by atoms with van der Waals surface area (Å²) in [7, 11) is 1.63. The van der Waals surface area contributed by atoms with E-state index in [4.69, 9.17) is 10.5 Å². The number of benzene rings is 2. The van der Waals surface area contributed by atoms with Gasteiger partial charge in [0.15, 0.2) is 0 Å². The molecular weight excluding hydrogens is 306 g/mol. The molecule has 3 nitrogen and oxygen atoms in total. The lowest BCUT2D eigenvalue weighted by atomic mass is 10.0. The van der Waals surface area contributed by atoms with Gasteiger partial charge in [-0.25, -0.2) is 0 Å². The summed E-state index contributed by atoms with van der Waals surface area (Å²) in [6.45, 7) is 0. The van der Waals surface area contributed by atoms with Gasteiger partial charge in [0.05, 0.1) is 17.7 Å². The highest BCUT2D eigenvalue weighted by Crippen LogP contribution is 2.28. The fraction of sp³-hybridized carbons (Fsp3) is 0.200. The second-order valence-corrected chi connectivity index (χ2v) is 5.21. The van der Waals surface area contributed by atoms with Crippen LogP contribution in [0.3, 0.4) is 0 Å². The van der Waals surface area contributed by atoms with Crippen molar-refractivity contribution in [2.24, 2.45) is 0 Å². The lowest BCUT2D eigenvalue weighted by molar-refractivity contribution is 0.178. The first-order chi connectivity index (χ1) is 9.10. The minimum Gasteiger partial charge on any atom is -0.496 e. The first-order valence-electron chi connectivity index (χ1n) is 5.96. The van der Waals surface area contributed by atoms with Crippen molar-refractivity contribution in [1.82, 2.24) is 0 Å². The molecule has 0 aliphatic carbocycles. The third-order valence-corrected chi connectivity index (χ3v) is 3.56. The van der Waals surface area contributed by atoms with E-state index in [-0.39, 0.29) is 0 Å². The van der Waals surface area contributed by atoms with Gasteiger partial charge in [-0.05, 0) is 51.3 Å². The highest BCUT2D eigenvalue weighted by atomic mass is 79.9. The number of aliphatic hydroxyl groups excluding tert-OH is 1. The van der Waals surface area contributed by atoms with Gasteiger partial charge in [-0.15, -0.1) is 0 Å². The Morgan fingerprint density at radius 3 is 2.68 bits per heavy atom. The SMILES string of the molecule is COc1ccc(CC(O)c2cccc(N)c2)cc1Br. The zero-order chi connectivity index (χ0) is 13.8. The second kappa shape index (κ2) is 6.08. The number of hydrogen-bond acceptors (Lipinski definition) is 3. The summed E-state index contributed by atoms with van der Waals surface area (Å²) >= 11 is 3.44. The molecule has 1 unspecified atom stereocenters. The molecular formula is C15H16BrNO2.